The number of anilines is 1. The van der Waals surface area contributed by atoms with Gasteiger partial charge in [-0.15, -0.1) is 0 Å². The van der Waals surface area contributed by atoms with E-state index in [1.807, 2.05) is 6.07 Å². The maximum Gasteiger partial charge on any atom is 0.222 e. The maximum atomic E-state index is 10.2. The van der Waals surface area contributed by atoms with Crippen LogP contribution in [0.2, 0.25) is 10.3 Å². The number of aliphatic hydroxyl groups excluding tert-OH is 1. The van der Waals surface area contributed by atoms with Gasteiger partial charge in [-0.3, -0.25) is 0 Å². The first-order valence-electron chi connectivity index (χ1n) is 4.81. The predicted octanol–water partition coefficient (Wildman–Crippen LogP) is 2.45. The first-order valence-corrected chi connectivity index (χ1v) is 5.56. The van der Waals surface area contributed by atoms with Crippen LogP contribution in [0, 0.1) is 0 Å². The number of aliphatic hydroxyl groups is 1. The van der Waals surface area contributed by atoms with Gasteiger partial charge < -0.3 is 10.8 Å². The molecule has 1 heterocycles. The van der Waals surface area contributed by atoms with Crippen LogP contribution in [0.4, 0.5) is 5.95 Å². The summed E-state index contributed by atoms with van der Waals surface area (Å²) in [5, 5.41) is 10.3. The minimum Gasteiger partial charge on any atom is -0.383 e. The van der Waals surface area contributed by atoms with Gasteiger partial charge in [-0.25, -0.2) is 9.97 Å². The van der Waals surface area contributed by atoms with Gasteiger partial charge in [0.15, 0.2) is 0 Å². The summed E-state index contributed by atoms with van der Waals surface area (Å²) < 4.78 is 0. The lowest BCUT2D eigenvalue weighted by Gasteiger charge is -2.13. The summed E-state index contributed by atoms with van der Waals surface area (Å²) >= 11 is 11.8. The quantitative estimate of drug-likeness (QED) is 0.822. The number of halogens is 2. The molecule has 17 heavy (non-hydrogen) atoms. The molecule has 0 amide bonds. The lowest BCUT2D eigenvalue weighted by Crippen LogP contribution is -2.06. The van der Waals surface area contributed by atoms with Crippen LogP contribution in [0.25, 0.3) is 0 Å². The van der Waals surface area contributed by atoms with Gasteiger partial charge in [0.1, 0.15) is 16.4 Å². The Hall–Kier alpha value is -1.36. The summed E-state index contributed by atoms with van der Waals surface area (Å²) in [6.45, 7) is 0. The fourth-order valence-electron chi connectivity index (χ4n) is 1.46. The van der Waals surface area contributed by atoms with Crippen LogP contribution in [-0.2, 0) is 0 Å². The van der Waals surface area contributed by atoms with Gasteiger partial charge >= 0.3 is 0 Å². The Balaban J connectivity index is 2.48. The van der Waals surface area contributed by atoms with Crippen LogP contribution >= 0.6 is 23.2 Å². The van der Waals surface area contributed by atoms with E-state index in [1.54, 1.807) is 24.3 Å². The number of hydrogen-bond acceptors (Lipinski definition) is 4. The Morgan fingerprint density at radius 3 is 2.12 bits per heavy atom. The molecule has 4 nitrogen and oxygen atoms in total. The van der Waals surface area contributed by atoms with Crippen molar-refractivity contribution in [3.8, 4) is 0 Å². The smallest absolute Gasteiger partial charge is 0.222 e. The molecule has 2 rings (SSSR count). The van der Waals surface area contributed by atoms with Crippen molar-refractivity contribution < 1.29 is 5.11 Å². The highest BCUT2D eigenvalue weighted by Crippen LogP contribution is 2.32. The molecular formula is C11H9Cl2N3O. The van der Waals surface area contributed by atoms with Crippen molar-refractivity contribution in [3.63, 3.8) is 0 Å². The molecule has 0 saturated heterocycles. The summed E-state index contributed by atoms with van der Waals surface area (Å²) in [5.74, 6) is -0.0241. The molecule has 0 aliphatic rings. The van der Waals surface area contributed by atoms with E-state index in [9.17, 15) is 5.11 Å². The Morgan fingerprint density at radius 1 is 1.06 bits per heavy atom. The van der Waals surface area contributed by atoms with Gasteiger partial charge in [0.05, 0.1) is 5.56 Å². The van der Waals surface area contributed by atoms with E-state index in [-0.39, 0.29) is 21.8 Å². The lowest BCUT2D eigenvalue weighted by molar-refractivity contribution is 0.219. The molecule has 0 saturated carbocycles. The van der Waals surface area contributed by atoms with Gasteiger partial charge in [0.2, 0.25) is 5.95 Å². The summed E-state index contributed by atoms with van der Waals surface area (Å²) in [6, 6.07) is 8.97. The molecule has 0 aliphatic carbocycles. The van der Waals surface area contributed by atoms with E-state index >= 15 is 0 Å². The van der Waals surface area contributed by atoms with E-state index in [0.717, 1.165) is 0 Å². The lowest BCUT2D eigenvalue weighted by atomic mass is 10.0. The van der Waals surface area contributed by atoms with Crippen molar-refractivity contribution in [2.24, 2.45) is 0 Å². The molecule has 1 aromatic heterocycles. The van der Waals surface area contributed by atoms with Crippen molar-refractivity contribution >= 4 is 29.2 Å². The molecule has 1 unspecified atom stereocenters. The second kappa shape index (κ2) is 4.87. The van der Waals surface area contributed by atoms with E-state index < -0.39 is 6.10 Å². The summed E-state index contributed by atoms with van der Waals surface area (Å²) in [6.07, 6.45) is -0.975. The first kappa shape index (κ1) is 12.1. The fraction of sp³-hybridized carbons (Fsp3) is 0.0909. The van der Waals surface area contributed by atoms with Crippen LogP contribution in [0.15, 0.2) is 30.3 Å². The summed E-state index contributed by atoms with van der Waals surface area (Å²) in [5.41, 5.74) is 6.31. The summed E-state index contributed by atoms with van der Waals surface area (Å²) in [4.78, 5) is 7.54. The van der Waals surface area contributed by atoms with Crippen LogP contribution in [0.3, 0.4) is 0 Å². The highest BCUT2D eigenvalue weighted by Gasteiger charge is 2.20. The monoisotopic (exact) mass is 269 g/mol. The number of rotatable bonds is 2. The van der Waals surface area contributed by atoms with E-state index in [1.165, 1.54) is 0 Å². The molecular weight excluding hydrogens is 261 g/mol. The third kappa shape index (κ3) is 2.49. The number of aromatic nitrogens is 2. The van der Waals surface area contributed by atoms with Crippen molar-refractivity contribution in [3.05, 3.63) is 51.8 Å². The Kier molecular flexibility index (Phi) is 3.47. The average molecular weight is 270 g/mol. The molecule has 0 bridgehead atoms. The van der Waals surface area contributed by atoms with Crippen LogP contribution in [0.1, 0.15) is 17.2 Å². The van der Waals surface area contributed by atoms with Gasteiger partial charge in [0, 0.05) is 0 Å². The average Bonchev–Trinajstić information content (AvgIpc) is 2.28. The number of hydrogen-bond donors (Lipinski definition) is 2. The second-order valence-electron chi connectivity index (χ2n) is 3.39. The van der Waals surface area contributed by atoms with E-state index in [4.69, 9.17) is 28.9 Å². The zero-order valence-corrected chi connectivity index (χ0v) is 10.2. The molecule has 1 atom stereocenters. The second-order valence-corrected chi connectivity index (χ2v) is 4.11. The number of nitrogens with zero attached hydrogens (tertiary/aromatic N) is 2. The van der Waals surface area contributed by atoms with Crippen molar-refractivity contribution in [1.82, 2.24) is 9.97 Å². The van der Waals surface area contributed by atoms with Crippen molar-refractivity contribution in [2.45, 2.75) is 6.10 Å². The SMILES string of the molecule is Nc1nc(Cl)c(C(O)c2ccccc2)c(Cl)n1. The minimum atomic E-state index is -0.975. The minimum absolute atomic E-state index is 0.0241. The normalized spacial score (nSPS) is 12.4. The highest BCUT2D eigenvalue weighted by molar-refractivity contribution is 6.34. The molecule has 0 fully saturated rings. The predicted molar refractivity (Wildman–Crippen MR) is 67.0 cm³/mol. The van der Waals surface area contributed by atoms with E-state index in [2.05, 4.69) is 9.97 Å². The first-order chi connectivity index (χ1) is 8.09. The third-order valence-electron chi connectivity index (χ3n) is 2.26. The van der Waals surface area contributed by atoms with Crippen molar-refractivity contribution in [1.29, 1.82) is 0 Å². The number of nitrogens with two attached hydrogens (primary N) is 1. The molecule has 0 spiro atoms. The molecule has 6 heteroatoms. The molecule has 2 aromatic rings. The Labute approximate surface area is 108 Å². The summed E-state index contributed by atoms with van der Waals surface area (Å²) in [7, 11) is 0. The van der Waals surface area contributed by atoms with Crippen LogP contribution in [-0.4, -0.2) is 15.1 Å². The standard InChI is InChI=1S/C11H9Cl2N3O/c12-9-7(10(13)16-11(14)15-9)8(17)6-4-2-1-3-5-6/h1-5,8,17H,(H2,14,15,16). The Bertz CT molecular complexity index is 510. The fourth-order valence-corrected chi connectivity index (χ4v) is 2.07. The van der Waals surface area contributed by atoms with Crippen LogP contribution in [0.5, 0.6) is 0 Å². The zero-order valence-electron chi connectivity index (χ0n) is 8.64. The highest BCUT2D eigenvalue weighted by atomic mass is 35.5. The number of benzene rings is 1. The molecule has 88 valence electrons. The molecule has 0 aliphatic heterocycles. The van der Waals surface area contributed by atoms with Gasteiger partial charge in [-0.1, -0.05) is 53.5 Å². The van der Waals surface area contributed by atoms with Crippen LogP contribution < -0.4 is 5.73 Å². The van der Waals surface area contributed by atoms with Gasteiger partial charge in [-0.05, 0) is 5.56 Å². The zero-order chi connectivity index (χ0) is 12.4. The molecule has 0 radical (unpaired) electrons. The van der Waals surface area contributed by atoms with Gasteiger partial charge in [0.25, 0.3) is 0 Å². The number of nitrogen functional groups attached to an aromatic ring is 1. The third-order valence-corrected chi connectivity index (χ3v) is 2.83. The largest absolute Gasteiger partial charge is 0.383 e. The Morgan fingerprint density at radius 2 is 1.59 bits per heavy atom. The maximum absolute atomic E-state index is 10.2. The van der Waals surface area contributed by atoms with Crippen molar-refractivity contribution in [2.75, 3.05) is 5.73 Å². The molecule has 1 aromatic carbocycles. The molecule has 3 N–H and O–H groups in total. The van der Waals surface area contributed by atoms with E-state index in [0.29, 0.717) is 5.56 Å². The topological polar surface area (TPSA) is 72.0 Å². The van der Waals surface area contributed by atoms with Gasteiger partial charge in [-0.2, -0.15) is 0 Å².